The smallest absolute Gasteiger partial charge is 0.549 e. The number of benzene rings is 16. The van der Waals surface area contributed by atoms with Gasteiger partial charge in [-0.25, -0.2) is 0 Å². The Labute approximate surface area is 832 Å². The molecule has 16 aromatic rings. The summed E-state index contributed by atoms with van der Waals surface area (Å²) in [7, 11) is 0. The van der Waals surface area contributed by atoms with Crippen molar-refractivity contribution >= 4 is 23.9 Å². The second kappa shape index (κ2) is 47.3. The molecular formula is C124H114O11Rh2. The standard InChI is InChI=1S/4C28H22O2.3C4H10O.2Rh/c4*29-26(30)28(25-18-16-22(17-19-25)21-10-4-1-5-11-21)20-27(28,23-12-6-2-7-13-23)24-14-8-3-9-15-24;3*1-3-5-4-2;;/h4*1-19H,20H2,(H,29,30);3*3-4H2,1-2H3;;/q;;;;;;;2*+2/p-4/t4*28-;;;;;/m1111...../s1. The molecule has 2 radical (unpaired) electrons. The molecule has 0 spiro atoms. The molecule has 137 heavy (non-hydrogen) atoms. The minimum atomic E-state index is -1.09. The van der Waals surface area contributed by atoms with E-state index >= 15 is 0 Å². The first-order valence-electron chi connectivity index (χ1n) is 46.6. The number of carbonyl (C=O) groups excluding carboxylic acids is 4. The minimum Gasteiger partial charge on any atom is -0.549 e. The molecule has 694 valence electrons. The topological polar surface area (TPSA) is 188 Å². The van der Waals surface area contributed by atoms with Crippen molar-refractivity contribution in [2.24, 2.45) is 0 Å². The van der Waals surface area contributed by atoms with Gasteiger partial charge in [0.05, 0.1) is 23.9 Å². The Morgan fingerprint density at radius 1 is 0.175 bits per heavy atom. The van der Waals surface area contributed by atoms with Gasteiger partial charge in [0.25, 0.3) is 0 Å². The van der Waals surface area contributed by atoms with Crippen molar-refractivity contribution in [2.75, 3.05) is 39.6 Å². The molecule has 4 saturated carbocycles. The molecule has 4 aliphatic rings. The van der Waals surface area contributed by atoms with Crippen molar-refractivity contribution < 1.29 is 92.8 Å². The molecule has 20 rings (SSSR count). The molecule has 0 saturated heterocycles. The SMILES string of the molecule is CCOCC.CCOCC.CCOCC.O=C([O-])[C@]1(c2ccc(-c3ccccc3)cc2)CC1(c1ccccc1)c1ccccc1.O=C([O-])[C@]1(c2ccc(-c3ccccc3)cc2)CC1(c1ccccc1)c1ccccc1.O=C([O-])[C@]1(c2ccc(-c3ccccc3)cc2)CC1(c1ccccc1)c1ccccc1.O=C([O-])[C@]1(c2ccc(-c3ccccc3)cc2)CC1(c1ccccc1)c1ccccc1.[Rh+2].[Rh+2]. The Morgan fingerprint density at radius 3 is 0.387 bits per heavy atom. The number of rotatable bonds is 26. The van der Waals surface area contributed by atoms with Crippen molar-refractivity contribution in [2.45, 2.75) is 111 Å². The van der Waals surface area contributed by atoms with Gasteiger partial charge >= 0.3 is 39.0 Å². The van der Waals surface area contributed by atoms with Crippen LogP contribution in [0.2, 0.25) is 0 Å². The van der Waals surface area contributed by atoms with Crippen LogP contribution in [0, 0.1) is 0 Å². The second-order valence-electron chi connectivity index (χ2n) is 34.1. The number of hydrogen-bond donors (Lipinski definition) is 0. The number of carboxylic acid groups (broad SMARTS) is 4. The third kappa shape index (κ3) is 20.8. The van der Waals surface area contributed by atoms with Crippen molar-refractivity contribution in [3.63, 3.8) is 0 Å². The summed E-state index contributed by atoms with van der Waals surface area (Å²) in [5.41, 5.74) is 13.0. The summed E-state index contributed by atoms with van der Waals surface area (Å²) in [5.74, 6) is -4.10. The quantitative estimate of drug-likeness (QED) is 0.0469. The molecule has 0 unspecified atom stereocenters. The predicted molar refractivity (Wildman–Crippen MR) is 534 cm³/mol. The molecule has 0 aliphatic heterocycles. The van der Waals surface area contributed by atoms with Gasteiger partial charge in [0.15, 0.2) is 0 Å². The zero-order valence-electron chi connectivity index (χ0n) is 78.1. The van der Waals surface area contributed by atoms with E-state index < -0.39 is 67.2 Å². The Morgan fingerprint density at radius 2 is 0.285 bits per heavy atom. The number of aliphatic carboxylic acids is 4. The summed E-state index contributed by atoms with van der Waals surface area (Å²) in [6, 6.07) is 152. The van der Waals surface area contributed by atoms with Gasteiger partial charge in [0, 0.05) is 83.0 Å². The molecule has 0 N–H and O–H groups in total. The molecule has 0 bridgehead atoms. The minimum absolute atomic E-state index is 0. The molecule has 11 nitrogen and oxygen atoms in total. The Balaban J connectivity index is 0.000000155. The van der Waals surface area contributed by atoms with E-state index in [-0.39, 0.29) is 39.0 Å². The van der Waals surface area contributed by atoms with Crippen LogP contribution in [0.1, 0.15) is 134 Å². The van der Waals surface area contributed by atoms with E-state index in [2.05, 4.69) is 48.5 Å². The molecule has 0 aromatic heterocycles. The fourth-order valence-electron chi connectivity index (χ4n) is 20.4. The first kappa shape index (κ1) is 102. The van der Waals surface area contributed by atoms with Gasteiger partial charge in [-0.3, -0.25) is 0 Å². The van der Waals surface area contributed by atoms with Gasteiger partial charge in [-0.2, -0.15) is 0 Å². The molecule has 0 amide bonds. The van der Waals surface area contributed by atoms with Gasteiger partial charge in [0.2, 0.25) is 0 Å². The second-order valence-corrected chi connectivity index (χ2v) is 34.1. The number of carboxylic acids is 4. The molecule has 16 aromatic carbocycles. The van der Waals surface area contributed by atoms with Crippen LogP contribution in [0.15, 0.2) is 461 Å². The van der Waals surface area contributed by atoms with Crippen LogP contribution in [0.3, 0.4) is 0 Å². The maximum atomic E-state index is 12.7. The molecule has 4 aliphatic carbocycles. The zero-order chi connectivity index (χ0) is 94.8. The van der Waals surface area contributed by atoms with E-state index in [9.17, 15) is 39.6 Å². The van der Waals surface area contributed by atoms with E-state index in [0.717, 1.165) is 151 Å². The Hall–Kier alpha value is -13.5. The van der Waals surface area contributed by atoms with Crippen LogP contribution >= 0.6 is 0 Å². The van der Waals surface area contributed by atoms with E-state index in [1.165, 1.54) is 0 Å². The predicted octanol–water partition coefficient (Wildman–Crippen LogP) is 22.0. The summed E-state index contributed by atoms with van der Waals surface area (Å²) in [5, 5.41) is 50.8. The first-order chi connectivity index (χ1) is 66.0. The van der Waals surface area contributed by atoms with E-state index in [1.807, 2.05) is 454 Å². The first-order valence-corrected chi connectivity index (χ1v) is 46.6. The fraction of sp³-hybridized carbons (Fsp3) is 0.194. The van der Waals surface area contributed by atoms with E-state index in [4.69, 9.17) is 14.2 Å². The summed E-state index contributed by atoms with van der Waals surface area (Å²) < 4.78 is 14.5. The van der Waals surface area contributed by atoms with Crippen molar-refractivity contribution in [3.8, 4) is 44.5 Å². The van der Waals surface area contributed by atoms with E-state index in [1.54, 1.807) is 0 Å². The maximum absolute atomic E-state index is 12.7. The fourth-order valence-corrected chi connectivity index (χ4v) is 20.4. The molecular weight excluding hydrogens is 1870 g/mol. The Kier molecular flexibility index (Phi) is 35.4. The average molecular weight is 1990 g/mol. The molecule has 4 atom stereocenters. The molecule has 13 heteroatoms. The van der Waals surface area contributed by atoms with Gasteiger partial charge in [0.1, 0.15) is 0 Å². The summed E-state index contributed by atoms with van der Waals surface area (Å²) >= 11 is 0. The van der Waals surface area contributed by atoms with Crippen molar-refractivity contribution in [1.29, 1.82) is 0 Å². The molecule has 4 fully saturated rings. The van der Waals surface area contributed by atoms with Crippen LogP contribution in [0.5, 0.6) is 0 Å². The van der Waals surface area contributed by atoms with Gasteiger partial charge < -0.3 is 53.8 Å². The van der Waals surface area contributed by atoms with Crippen LogP contribution < -0.4 is 20.4 Å². The van der Waals surface area contributed by atoms with Crippen LogP contribution in [0.4, 0.5) is 0 Å². The summed E-state index contributed by atoms with van der Waals surface area (Å²) in [6.07, 6.45) is 1.95. The van der Waals surface area contributed by atoms with Crippen LogP contribution in [-0.2, 0) is 116 Å². The summed E-state index contributed by atoms with van der Waals surface area (Å²) in [6.45, 7) is 17.0. The van der Waals surface area contributed by atoms with Crippen molar-refractivity contribution in [1.82, 2.24) is 0 Å². The van der Waals surface area contributed by atoms with Crippen LogP contribution in [0.25, 0.3) is 44.5 Å². The third-order valence-corrected chi connectivity index (χ3v) is 27.2. The largest absolute Gasteiger partial charge is 2.00 e. The zero-order valence-corrected chi connectivity index (χ0v) is 81.4. The van der Waals surface area contributed by atoms with Gasteiger partial charge in [-0.1, -0.05) is 461 Å². The normalized spacial score (nSPS) is 17.7. The Bertz CT molecular complexity index is 5470. The average Bonchev–Trinajstić information content (AvgIpc) is 1.51. The summed E-state index contributed by atoms with van der Waals surface area (Å²) in [4.78, 5) is 50.8. The number of ether oxygens (including phenoxy) is 3. The van der Waals surface area contributed by atoms with Crippen molar-refractivity contribution in [3.05, 3.63) is 528 Å². The number of hydrogen-bond acceptors (Lipinski definition) is 11. The monoisotopic (exact) mass is 1980 g/mol. The van der Waals surface area contributed by atoms with Crippen LogP contribution in [-0.4, -0.2) is 63.5 Å². The van der Waals surface area contributed by atoms with Gasteiger partial charge in [-0.15, -0.1) is 0 Å². The van der Waals surface area contributed by atoms with E-state index in [0.29, 0.717) is 25.7 Å². The molecule has 0 heterocycles. The van der Waals surface area contributed by atoms with Gasteiger partial charge in [-0.05, 0) is 178 Å². The third-order valence-electron chi connectivity index (χ3n) is 27.2. The maximum Gasteiger partial charge on any atom is 2.00 e. The number of carbonyl (C=O) groups is 4.